The second-order valence-electron chi connectivity index (χ2n) is 5.21. The van der Waals surface area contributed by atoms with Gasteiger partial charge in [0.05, 0.1) is 11.2 Å². The number of nitrogens with one attached hydrogen (secondary N) is 1. The molecule has 0 atom stereocenters. The van der Waals surface area contributed by atoms with Gasteiger partial charge in [0.2, 0.25) is 0 Å². The van der Waals surface area contributed by atoms with Crippen molar-refractivity contribution in [1.29, 1.82) is 0 Å². The van der Waals surface area contributed by atoms with E-state index in [9.17, 15) is 0 Å². The minimum absolute atomic E-state index is 0.522. The van der Waals surface area contributed by atoms with E-state index in [0.29, 0.717) is 5.92 Å². The van der Waals surface area contributed by atoms with Crippen molar-refractivity contribution in [2.45, 2.75) is 18.8 Å². The van der Waals surface area contributed by atoms with E-state index in [-0.39, 0.29) is 0 Å². The summed E-state index contributed by atoms with van der Waals surface area (Å²) in [6.45, 7) is 0. The zero-order valence-electron chi connectivity index (χ0n) is 11.3. The first kappa shape index (κ1) is 12.7. The van der Waals surface area contributed by atoms with E-state index in [2.05, 4.69) is 48.3 Å². The third-order valence-electron chi connectivity index (χ3n) is 3.55. The van der Waals surface area contributed by atoms with Gasteiger partial charge in [-0.15, -0.1) is 0 Å². The van der Waals surface area contributed by atoms with Crippen molar-refractivity contribution in [2.24, 2.45) is 0 Å². The van der Waals surface area contributed by atoms with Crippen LogP contribution in [-0.2, 0) is 0 Å². The molecule has 2 aromatic heterocycles. The summed E-state index contributed by atoms with van der Waals surface area (Å²) < 4.78 is 0.815. The normalized spacial score (nSPS) is 14.3. The zero-order valence-corrected chi connectivity index (χ0v) is 12.8. The molecule has 3 aromatic rings. The molecule has 0 unspecified atom stereocenters. The van der Waals surface area contributed by atoms with Crippen LogP contribution in [0, 0.1) is 0 Å². The number of benzene rings is 1. The van der Waals surface area contributed by atoms with Crippen molar-refractivity contribution >= 4 is 38.3 Å². The fourth-order valence-corrected chi connectivity index (χ4v) is 2.76. The molecule has 0 aliphatic heterocycles. The molecule has 4 rings (SSSR count). The molecule has 1 fully saturated rings. The van der Waals surface area contributed by atoms with Crippen LogP contribution in [0.4, 0.5) is 11.5 Å². The topological polar surface area (TPSA) is 50.7 Å². The fourth-order valence-electron chi connectivity index (χ4n) is 2.37. The summed E-state index contributed by atoms with van der Waals surface area (Å²) >= 11 is 3.47. The molecule has 21 heavy (non-hydrogen) atoms. The van der Waals surface area contributed by atoms with E-state index >= 15 is 0 Å². The third kappa shape index (κ3) is 2.61. The monoisotopic (exact) mass is 340 g/mol. The highest BCUT2D eigenvalue weighted by molar-refractivity contribution is 9.10. The van der Waals surface area contributed by atoms with Crippen LogP contribution in [0.25, 0.3) is 10.9 Å². The Balaban J connectivity index is 1.74. The van der Waals surface area contributed by atoms with Gasteiger partial charge in [-0.2, -0.15) is 0 Å². The standard InChI is InChI=1S/C16H13BrN4/c17-13-9-14(21-16(20-13)11-6-7-11)19-12-5-1-3-10-4-2-8-18-15(10)12/h1-5,8-9,11H,6-7H2,(H,19,20,21). The Hall–Kier alpha value is -2.01. The number of para-hydroxylation sites is 1. The van der Waals surface area contributed by atoms with Crippen LogP contribution in [0.1, 0.15) is 24.6 Å². The van der Waals surface area contributed by atoms with Gasteiger partial charge in [-0.3, -0.25) is 4.98 Å². The molecule has 0 spiro atoms. The second-order valence-corrected chi connectivity index (χ2v) is 6.03. The van der Waals surface area contributed by atoms with Gasteiger partial charge in [-0.25, -0.2) is 9.97 Å². The van der Waals surface area contributed by atoms with E-state index in [0.717, 1.165) is 32.8 Å². The van der Waals surface area contributed by atoms with Crippen LogP contribution >= 0.6 is 15.9 Å². The highest BCUT2D eigenvalue weighted by atomic mass is 79.9. The van der Waals surface area contributed by atoms with Crippen molar-refractivity contribution in [3.8, 4) is 0 Å². The molecular formula is C16H13BrN4. The molecule has 0 radical (unpaired) electrons. The summed E-state index contributed by atoms with van der Waals surface area (Å²) in [6.07, 6.45) is 4.18. The molecule has 2 heterocycles. The molecule has 1 saturated carbocycles. The number of nitrogens with zero attached hydrogens (tertiary/aromatic N) is 3. The maximum atomic E-state index is 4.62. The summed E-state index contributed by atoms with van der Waals surface area (Å²) in [5, 5.41) is 4.48. The van der Waals surface area contributed by atoms with Crippen molar-refractivity contribution in [1.82, 2.24) is 15.0 Å². The Morgan fingerprint density at radius 2 is 1.95 bits per heavy atom. The van der Waals surface area contributed by atoms with Crippen LogP contribution in [0.5, 0.6) is 0 Å². The van der Waals surface area contributed by atoms with Gasteiger partial charge in [0.15, 0.2) is 0 Å². The highest BCUT2D eigenvalue weighted by Crippen LogP contribution is 2.39. The van der Waals surface area contributed by atoms with Gasteiger partial charge in [-0.1, -0.05) is 18.2 Å². The lowest BCUT2D eigenvalue weighted by atomic mass is 10.2. The molecule has 1 N–H and O–H groups in total. The van der Waals surface area contributed by atoms with E-state index in [1.165, 1.54) is 12.8 Å². The Morgan fingerprint density at radius 1 is 1.10 bits per heavy atom. The molecule has 1 aliphatic rings. The van der Waals surface area contributed by atoms with Crippen molar-refractivity contribution in [3.05, 3.63) is 53.0 Å². The lowest BCUT2D eigenvalue weighted by Gasteiger charge is -2.09. The van der Waals surface area contributed by atoms with Crippen LogP contribution < -0.4 is 5.32 Å². The number of aromatic nitrogens is 3. The smallest absolute Gasteiger partial charge is 0.135 e. The number of pyridine rings is 1. The Bertz CT molecular complexity index is 809. The number of anilines is 2. The van der Waals surface area contributed by atoms with Gasteiger partial charge < -0.3 is 5.32 Å². The van der Waals surface area contributed by atoms with Gasteiger partial charge in [0.1, 0.15) is 16.2 Å². The molecule has 0 saturated heterocycles. The summed E-state index contributed by atoms with van der Waals surface area (Å²) in [5.74, 6) is 2.24. The van der Waals surface area contributed by atoms with E-state index in [1.54, 1.807) is 6.20 Å². The average molecular weight is 341 g/mol. The molecule has 1 aromatic carbocycles. The van der Waals surface area contributed by atoms with Gasteiger partial charge in [0, 0.05) is 23.6 Å². The molecule has 5 heteroatoms. The number of halogens is 1. The van der Waals surface area contributed by atoms with Crippen molar-refractivity contribution < 1.29 is 0 Å². The first-order chi connectivity index (χ1) is 10.3. The first-order valence-electron chi connectivity index (χ1n) is 6.95. The molecule has 4 nitrogen and oxygen atoms in total. The number of hydrogen-bond donors (Lipinski definition) is 1. The minimum atomic E-state index is 0.522. The summed E-state index contributed by atoms with van der Waals surface area (Å²) in [4.78, 5) is 13.5. The quantitative estimate of drug-likeness (QED) is 0.717. The lowest BCUT2D eigenvalue weighted by Crippen LogP contribution is -2.00. The highest BCUT2D eigenvalue weighted by Gasteiger charge is 2.27. The Labute approximate surface area is 130 Å². The summed E-state index contributed by atoms with van der Waals surface area (Å²) in [7, 11) is 0. The van der Waals surface area contributed by atoms with E-state index < -0.39 is 0 Å². The van der Waals surface area contributed by atoms with Crippen LogP contribution in [0.15, 0.2) is 47.2 Å². The summed E-state index contributed by atoms with van der Waals surface area (Å²) in [6, 6.07) is 12.0. The summed E-state index contributed by atoms with van der Waals surface area (Å²) in [5.41, 5.74) is 1.91. The van der Waals surface area contributed by atoms with E-state index in [1.807, 2.05) is 24.3 Å². The molecule has 104 valence electrons. The third-order valence-corrected chi connectivity index (χ3v) is 3.96. The molecule has 1 aliphatic carbocycles. The van der Waals surface area contributed by atoms with Crippen molar-refractivity contribution in [3.63, 3.8) is 0 Å². The molecular weight excluding hydrogens is 328 g/mol. The zero-order chi connectivity index (χ0) is 14.2. The number of rotatable bonds is 3. The molecule has 0 bridgehead atoms. The largest absolute Gasteiger partial charge is 0.338 e. The van der Waals surface area contributed by atoms with Gasteiger partial charge >= 0.3 is 0 Å². The van der Waals surface area contributed by atoms with Crippen LogP contribution in [0.2, 0.25) is 0 Å². The predicted molar refractivity (Wildman–Crippen MR) is 86.7 cm³/mol. The minimum Gasteiger partial charge on any atom is -0.338 e. The number of hydrogen-bond acceptors (Lipinski definition) is 4. The van der Waals surface area contributed by atoms with E-state index in [4.69, 9.17) is 0 Å². The first-order valence-corrected chi connectivity index (χ1v) is 7.74. The van der Waals surface area contributed by atoms with Crippen molar-refractivity contribution in [2.75, 3.05) is 5.32 Å². The molecule has 0 amide bonds. The number of fused-ring (bicyclic) bond motifs is 1. The second kappa shape index (κ2) is 5.07. The Kier molecular flexibility index (Phi) is 3.07. The van der Waals surface area contributed by atoms with Gasteiger partial charge in [-0.05, 0) is 40.9 Å². The predicted octanol–water partition coefficient (Wildman–Crippen LogP) is 4.41. The maximum absolute atomic E-state index is 4.62. The van der Waals surface area contributed by atoms with Crippen LogP contribution in [0.3, 0.4) is 0 Å². The lowest BCUT2D eigenvalue weighted by molar-refractivity contribution is 0.919. The van der Waals surface area contributed by atoms with Crippen LogP contribution in [-0.4, -0.2) is 15.0 Å². The average Bonchev–Trinajstić information content (AvgIpc) is 3.32. The Morgan fingerprint density at radius 3 is 2.81 bits per heavy atom. The van der Waals surface area contributed by atoms with Gasteiger partial charge in [0.25, 0.3) is 0 Å². The SMILES string of the molecule is Brc1cc(Nc2cccc3cccnc23)nc(C2CC2)n1. The fraction of sp³-hybridized carbons (Fsp3) is 0.188. The maximum Gasteiger partial charge on any atom is 0.135 e.